The molecule has 2 amide bonds. The molecule has 3 aromatic rings. The fourth-order valence-corrected chi connectivity index (χ4v) is 3.25. The van der Waals surface area contributed by atoms with Gasteiger partial charge in [0.15, 0.2) is 0 Å². The van der Waals surface area contributed by atoms with Gasteiger partial charge in [0.2, 0.25) is 5.91 Å². The maximum atomic E-state index is 12.5. The molecule has 1 saturated heterocycles. The van der Waals surface area contributed by atoms with Crippen LogP contribution in [-0.4, -0.2) is 39.3 Å². The van der Waals surface area contributed by atoms with Crippen LogP contribution in [0.2, 0.25) is 0 Å². The number of oxazole rings is 1. The van der Waals surface area contributed by atoms with E-state index < -0.39 is 11.9 Å². The summed E-state index contributed by atoms with van der Waals surface area (Å²) in [4.78, 5) is 41.3. The molecule has 2 aromatic carbocycles. The predicted octanol–water partition coefficient (Wildman–Crippen LogP) is 3.54. The molecule has 4 rings (SSSR count). The Morgan fingerprint density at radius 2 is 1.94 bits per heavy atom. The van der Waals surface area contributed by atoms with E-state index in [-0.39, 0.29) is 17.5 Å². The molecule has 0 aliphatic carbocycles. The molecule has 0 radical (unpaired) electrons. The number of carbonyl (C=O) groups excluding carboxylic acids is 2. The van der Waals surface area contributed by atoms with Crippen molar-refractivity contribution in [1.29, 1.82) is 0 Å². The van der Waals surface area contributed by atoms with Crippen molar-refractivity contribution < 1.29 is 28.6 Å². The summed E-state index contributed by atoms with van der Waals surface area (Å²) in [6, 6.07) is 10.9. The average Bonchev–Trinajstić information content (AvgIpc) is 3.41. The van der Waals surface area contributed by atoms with Crippen LogP contribution in [0.25, 0.3) is 0 Å². The van der Waals surface area contributed by atoms with Gasteiger partial charge < -0.3 is 19.2 Å². The number of aromatic carboxylic acids is 1. The van der Waals surface area contributed by atoms with Crippen molar-refractivity contribution in [3.63, 3.8) is 0 Å². The van der Waals surface area contributed by atoms with Gasteiger partial charge in [0.05, 0.1) is 11.8 Å². The van der Waals surface area contributed by atoms with Gasteiger partial charge in [-0.15, -0.1) is 0 Å². The lowest BCUT2D eigenvalue weighted by atomic mass is 10.1. The van der Waals surface area contributed by atoms with Gasteiger partial charge in [-0.25, -0.2) is 9.78 Å². The number of rotatable bonds is 7. The SMILES string of the molecule is O=C(O)c1ccc(Oc2cc(C(=O)Nc3ncco3)ccc2CN2CCCC2=O)cc1. The van der Waals surface area contributed by atoms with Crippen molar-refractivity contribution in [2.75, 3.05) is 11.9 Å². The lowest BCUT2D eigenvalue weighted by Gasteiger charge is -2.19. The highest BCUT2D eigenvalue weighted by atomic mass is 16.5. The Labute approximate surface area is 177 Å². The molecule has 9 heteroatoms. The molecule has 31 heavy (non-hydrogen) atoms. The molecule has 2 N–H and O–H groups in total. The Hall–Kier alpha value is -4.14. The third kappa shape index (κ3) is 4.72. The lowest BCUT2D eigenvalue weighted by Crippen LogP contribution is -2.24. The number of amides is 2. The molecular formula is C22H19N3O6. The molecule has 0 bridgehead atoms. The van der Waals surface area contributed by atoms with E-state index >= 15 is 0 Å². The smallest absolute Gasteiger partial charge is 0.335 e. The normalized spacial score (nSPS) is 13.3. The molecule has 1 aliphatic heterocycles. The van der Waals surface area contributed by atoms with E-state index in [9.17, 15) is 14.4 Å². The second-order valence-electron chi connectivity index (χ2n) is 6.96. The number of nitrogens with zero attached hydrogens (tertiary/aromatic N) is 2. The summed E-state index contributed by atoms with van der Waals surface area (Å²) >= 11 is 0. The van der Waals surface area contributed by atoms with Crippen molar-refractivity contribution in [2.45, 2.75) is 19.4 Å². The maximum absolute atomic E-state index is 12.5. The number of hydrogen-bond acceptors (Lipinski definition) is 6. The standard InChI is InChI=1S/C22H19N3O6/c26-19-2-1-10-25(19)13-16-4-3-15(20(27)24-22-23-9-11-30-22)12-18(16)31-17-7-5-14(6-8-17)21(28)29/h3-9,11-12H,1-2,10,13H2,(H,28,29)(H,23,24,27). The van der Waals surface area contributed by atoms with E-state index in [4.69, 9.17) is 14.3 Å². The minimum Gasteiger partial charge on any atom is -0.478 e. The van der Waals surface area contributed by atoms with Crippen LogP contribution in [0.1, 0.15) is 39.1 Å². The fraction of sp³-hybridized carbons (Fsp3) is 0.182. The zero-order chi connectivity index (χ0) is 21.8. The van der Waals surface area contributed by atoms with E-state index in [1.165, 1.54) is 36.7 Å². The summed E-state index contributed by atoms with van der Waals surface area (Å²) in [7, 11) is 0. The van der Waals surface area contributed by atoms with Crippen LogP contribution < -0.4 is 10.1 Å². The number of benzene rings is 2. The predicted molar refractivity (Wildman–Crippen MR) is 109 cm³/mol. The summed E-state index contributed by atoms with van der Waals surface area (Å²) in [5, 5.41) is 11.6. The maximum Gasteiger partial charge on any atom is 0.335 e. The van der Waals surface area contributed by atoms with Crippen LogP contribution in [0.5, 0.6) is 11.5 Å². The Morgan fingerprint density at radius 1 is 1.16 bits per heavy atom. The Kier molecular flexibility index (Phi) is 5.65. The molecule has 1 fully saturated rings. The van der Waals surface area contributed by atoms with Crippen LogP contribution in [0.15, 0.2) is 59.3 Å². The summed E-state index contributed by atoms with van der Waals surface area (Å²) in [5.41, 5.74) is 1.17. The van der Waals surface area contributed by atoms with Crippen LogP contribution in [0, 0.1) is 0 Å². The summed E-state index contributed by atoms with van der Waals surface area (Å²) in [6.45, 7) is 1.01. The molecule has 1 aromatic heterocycles. The molecule has 2 heterocycles. The quantitative estimate of drug-likeness (QED) is 0.598. The van der Waals surface area contributed by atoms with Crippen molar-refractivity contribution in [1.82, 2.24) is 9.88 Å². The molecule has 0 atom stereocenters. The van der Waals surface area contributed by atoms with Crippen LogP contribution >= 0.6 is 0 Å². The second-order valence-corrected chi connectivity index (χ2v) is 6.96. The van der Waals surface area contributed by atoms with Crippen LogP contribution in [-0.2, 0) is 11.3 Å². The third-order valence-corrected chi connectivity index (χ3v) is 4.84. The highest BCUT2D eigenvalue weighted by Gasteiger charge is 2.22. The van der Waals surface area contributed by atoms with E-state index in [2.05, 4.69) is 10.3 Å². The largest absolute Gasteiger partial charge is 0.478 e. The number of aromatic nitrogens is 1. The molecule has 1 aliphatic rings. The first-order valence-electron chi connectivity index (χ1n) is 9.62. The second kappa shape index (κ2) is 8.70. The summed E-state index contributed by atoms with van der Waals surface area (Å²) in [5.74, 6) is -0.600. The molecular weight excluding hydrogens is 402 g/mol. The summed E-state index contributed by atoms with van der Waals surface area (Å²) < 4.78 is 11.0. The first-order valence-corrected chi connectivity index (χ1v) is 9.62. The minimum absolute atomic E-state index is 0.0717. The Morgan fingerprint density at radius 3 is 2.58 bits per heavy atom. The van der Waals surface area contributed by atoms with Crippen molar-refractivity contribution in [2.24, 2.45) is 0 Å². The monoisotopic (exact) mass is 421 g/mol. The fourth-order valence-electron chi connectivity index (χ4n) is 3.25. The summed E-state index contributed by atoms with van der Waals surface area (Å²) in [6.07, 6.45) is 4.09. The third-order valence-electron chi connectivity index (χ3n) is 4.84. The van der Waals surface area contributed by atoms with Gasteiger partial charge in [0.1, 0.15) is 17.8 Å². The molecule has 9 nitrogen and oxygen atoms in total. The van der Waals surface area contributed by atoms with Crippen molar-refractivity contribution in [3.8, 4) is 11.5 Å². The number of carbonyl (C=O) groups is 3. The van der Waals surface area contributed by atoms with Gasteiger partial charge in [-0.3, -0.25) is 14.9 Å². The van der Waals surface area contributed by atoms with Crippen LogP contribution in [0.4, 0.5) is 6.01 Å². The molecule has 0 spiro atoms. The topological polar surface area (TPSA) is 122 Å². The van der Waals surface area contributed by atoms with Crippen LogP contribution in [0.3, 0.4) is 0 Å². The minimum atomic E-state index is -1.04. The van der Waals surface area contributed by atoms with E-state index in [0.29, 0.717) is 36.6 Å². The van der Waals surface area contributed by atoms with Gasteiger partial charge in [0, 0.05) is 30.6 Å². The Bertz CT molecular complexity index is 1110. The number of nitrogens with one attached hydrogen (secondary N) is 1. The zero-order valence-corrected chi connectivity index (χ0v) is 16.4. The zero-order valence-electron chi connectivity index (χ0n) is 16.4. The van der Waals surface area contributed by atoms with E-state index in [1.807, 2.05) is 0 Å². The number of carboxylic acids is 1. The van der Waals surface area contributed by atoms with Crippen molar-refractivity contribution >= 4 is 23.8 Å². The number of carboxylic acid groups (broad SMARTS) is 1. The molecule has 0 unspecified atom stereocenters. The van der Waals surface area contributed by atoms with Gasteiger partial charge >= 0.3 is 12.0 Å². The van der Waals surface area contributed by atoms with Gasteiger partial charge in [-0.1, -0.05) is 6.07 Å². The number of hydrogen-bond donors (Lipinski definition) is 2. The lowest BCUT2D eigenvalue weighted by molar-refractivity contribution is -0.128. The highest BCUT2D eigenvalue weighted by molar-refractivity contribution is 6.03. The van der Waals surface area contributed by atoms with Gasteiger partial charge in [-0.05, 0) is 42.8 Å². The number of anilines is 1. The van der Waals surface area contributed by atoms with Gasteiger partial charge in [0.25, 0.3) is 5.91 Å². The molecule has 158 valence electrons. The highest BCUT2D eigenvalue weighted by Crippen LogP contribution is 2.29. The first kappa shape index (κ1) is 20.1. The Balaban J connectivity index is 1.61. The molecule has 0 saturated carbocycles. The van der Waals surface area contributed by atoms with E-state index in [0.717, 1.165) is 12.0 Å². The average molecular weight is 421 g/mol. The number of likely N-dealkylation sites (tertiary alicyclic amines) is 1. The number of ether oxygens (including phenoxy) is 1. The van der Waals surface area contributed by atoms with E-state index in [1.54, 1.807) is 23.1 Å². The first-order chi connectivity index (χ1) is 15.0. The van der Waals surface area contributed by atoms with Crippen molar-refractivity contribution in [3.05, 3.63) is 71.6 Å². The van der Waals surface area contributed by atoms with Gasteiger partial charge in [-0.2, -0.15) is 0 Å².